The van der Waals surface area contributed by atoms with Gasteiger partial charge >= 0.3 is 0 Å². The summed E-state index contributed by atoms with van der Waals surface area (Å²) in [6.45, 7) is 3.34. The summed E-state index contributed by atoms with van der Waals surface area (Å²) in [4.78, 5) is 15.4. The van der Waals surface area contributed by atoms with E-state index >= 15 is 0 Å². The Labute approximate surface area is 127 Å². The minimum absolute atomic E-state index is 0.452. The molecule has 0 aromatic carbocycles. The van der Waals surface area contributed by atoms with E-state index in [4.69, 9.17) is 0 Å². The smallest absolute Gasteiger partial charge is 0.226 e. The van der Waals surface area contributed by atoms with Crippen molar-refractivity contribution in [2.75, 3.05) is 19.6 Å². The molecule has 5 fully saturated rings. The largest absolute Gasteiger partial charge is 0.339 e. The Balaban J connectivity index is 1.27. The van der Waals surface area contributed by atoms with Gasteiger partial charge in [0.1, 0.15) is 0 Å². The van der Waals surface area contributed by atoms with E-state index in [1.165, 1.54) is 51.5 Å². The van der Waals surface area contributed by atoms with Crippen LogP contribution in [0.1, 0.15) is 44.9 Å². The Morgan fingerprint density at radius 1 is 1.05 bits per heavy atom. The van der Waals surface area contributed by atoms with Crippen LogP contribution in [-0.2, 0) is 4.79 Å². The lowest BCUT2D eigenvalue weighted by Crippen LogP contribution is -2.43. The second-order valence-corrected chi connectivity index (χ2v) is 8.45. The highest BCUT2D eigenvalue weighted by Crippen LogP contribution is 2.69. The number of carbonyl (C=O) groups excluding carboxylic acids is 1. The van der Waals surface area contributed by atoms with E-state index in [9.17, 15) is 4.79 Å². The fraction of sp³-hybridized carbons (Fsp3) is 0.944. The number of hydrogen-bond acceptors (Lipinski definition) is 2. The Kier molecular flexibility index (Phi) is 2.90. The van der Waals surface area contributed by atoms with Gasteiger partial charge in [-0.2, -0.15) is 0 Å². The summed E-state index contributed by atoms with van der Waals surface area (Å²) in [7, 11) is 0. The first-order valence-electron chi connectivity index (χ1n) is 9.34. The Bertz CT molecular complexity index is 424. The predicted octanol–water partition coefficient (Wildman–Crippen LogP) is 2.27. The maximum Gasteiger partial charge on any atom is 0.226 e. The zero-order chi connectivity index (χ0) is 14.0. The number of rotatable bonds is 4. The average molecular weight is 288 g/mol. The normalized spacial score (nSPS) is 47.2. The highest BCUT2D eigenvalue weighted by molar-refractivity contribution is 5.83. The molecule has 1 amide bonds. The molecule has 0 aromatic heterocycles. The Morgan fingerprint density at radius 3 is 2.43 bits per heavy atom. The van der Waals surface area contributed by atoms with Crippen LogP contribution in [0.25, 0.3) is 0 Å². The molecule has 0 aromatic rings. The van der Waals surface area contributed by atoms with Crippen molar-refractivity contribution < 1.29 is 4.79 Å². The summed E-state index contributed by atoms with van der Waals surface area (Å²) in [5.41, 5.74) is 0. The molecule has 0 radical (unpaired) electrons. The third kappa shape index (κ3) is 2.07. The first kappa shape index (κ1) is 12.9. The van der Waals surface area contributed by atoms with Crippen molar-refractivity contribution in [3.05, 3.63) is 0 Å². The van der Waals surface area contributed by atoms with Crippen LogP contribution in [0.3, 0.4) is 0 Å². The second kappa shape index (κ2) is 4.71. The molecular formula is C18H28N2O. The van der Waals surface area contributed by atoms with E-state index in [0.29, 0.717) is 23.8 Å². The zero-order valence-electron chi connectivity index (χ0n) is 13.0. The molecule has 5 atom stereocenters. The monoisotopic (exact) mass is 288 g/mol. The molecule has 5 unspecified atom stereocenters. The highest BCUT2D eigenvalue weighted by atomic mass is 16.2. The van der Waals surface area contributed by atoms with Gasteiger partial charge in [-0.05, 0) is 87.6 Å². The highest BCUT2D eigenvalue weighted by Gasteiger charge is 2.68. The number of nitrogens with one attached hydrogen (secondary N) is 1. The standard InChI is InChI=1S/C18H28N2O/c21-18(17-15-12-3-4-13(8-12)16(15)17)20(14-5-6-14)10-11-2-1-7-19-9-11/h11-17,19H,1-10H2. The van der Waals surface area contributed by atoms with Crippen molar-refractivity contribution >= 4 is 5.91 Å². The van der Waals surface area contributed by atoms with Gasteiger partial charge in [-0.1, -0.05) is 0 Å². The SMILES string of the molecule is O=C(C1C2C3CCC(C3)C12)N(CC1CCCNC1)C1CC1. The average Bonchev–Trinajstić information content (AvgIpc) is 3.43. The second-order valence-electron chi connectivity index (χ2n) is 8.45. The van der Waals surface area contributed by atoms with E-state index in [1.54, 1.807) is 0 Å². The van der Waals surface area contributed by atoms with E-state index in [1.807, 2.05) is 0 Å². The fourth-order valence-corrected chi connectivity index (χ4v) is 6.01. The molecule has 5 rings (SSSR count). The molecule has 2 bridgehead atoms. The molecule has 1 heterocycles. The topological polar surface area (TPSA) is 32.3 Å². The number of fused-ring (bicyclic) bond motifs is 5. The number of carbonyl (C=O) groups is 1. The van der Waals surface area contributed by atoms with Crippen LogP contribution in [0, 0.1) is 35.5 Å². The van der Waals surface area contributed by atoms with Crippen LogP contribution in [-0.4, -0.2) is 36.5 Å². The van der Waals surface area contributed by atoms with E-state index < -0.39 is 0 Å². The molecule has 3 heteroatoms. The lowest BCUT2D eigenvalue weighted by molar-refractivity contribution is -0.135. The van der Waals surface area contributed by atoms with Gasteiger partial charge in [0.25, 0.3) is 0 Å². The minimum atomic E-state index is 0.452. The predicted molar refractivity (Wildman–Crippen MR) is 81.6 cm³/mol. The lowest BCUT2D eigenvalue weighted by Gasteiger charge is -2.31. The third-order valence-corrected chi connectivity index (χ3v) is 7.15. The van der Waals surface area contributed by atoms with Gasteiger partial charge in [-0.15, -0.1) is 0 Å². The fourth-order valence-electron chi connectivity index (χ4n) is 6.01. The van der Waals surface area contributed by atoms with Crippen LogP contribution in [0.2, 0.25) is 0 Å². The van der Waals surface area contributed by atoms with Gasteiger partial charge in [0.15, 0.2) is 0 Å². The van der Waals surface area contributed by atoms with Gasteiger partial charge in [0.2, 0.25) is 5.91 Å². The van der Waals surface area contributed by atoms with Crippen molar-refractivity contribution in [2.45, 2.75) is 51.0 Å². The molecule has 1 aliphatic heterocycles. The van der Waals surface area contributed by atoms with Crippen molar-refractivity contribution in [3.63, 3.8) is 0 Å². The van der Waals surface area contributed by atoms with Crippen molar-refractivity contribution in [1.29, 1.82) is 0 Å². The molecule has 4 saturated carbocycles. The van der Waals surface area contributed by atoms with Crippen molar-refractivity contribution in [1.82, 2.24) is 10.2 Å². The minimum Gasteiger partial charge on any atom is -0.339 e. The summed E-state index contributed by atoms with van der Waals surface area (Å²) in [6, 6.07) is 0.610. The van der Waals surface area contributed by atoms with Crippen LogP contribution < -0.4 is 5.32 Å². The van der Waals surface area contributed by atoms with Gasteiger partial charge in [-0.25, -0.2) is 0 Å². The molecule has 5 aliphatic rings. The first-order chi connectivity index (χ1) is 10.3. The first-order valence-corrected chi connectivity index (χ1v) is 9.34. The summed E-state index contributed by atoms with van der Waals surface area (Å²) >= 11 is 0. The van der Waals surface area contributed by atoms with E-state index in [0.717, 1.165) is 36.8 Å². The summed E-state index contributed by atoms with van der Waals surface area (Å²) < 4.78 is 0. The number of hydrogen-bond donors (Lipinski definition) is 1. The maximum atomic E-state index is 13.1. The zero-order valence-corrected chi connectivity index (χ0v) is 13.0. The molecule has 21 heavy (non-hydrogen) atoms. The molecule has 4 aliphatic carbocycles. The molecule has 0 spiro atoms. The summed E-state index contributed by atoms with van der Waals surface area (Å²) in [5, 5.41) is 3.51. The van der Waals surface area contributed by atoms with E-state index in [-0.39, 0.29) is 0 Å². The summed E-state index contributed by atoms with van der Waals surface area (Å²) in [6.07, 6.45) is 9.43. The number of piperidine rings is 1. The van der Waals surface area contributed by atoms with Crippen LogP contribution in [0.15, 0.2) is 0 Å². The number of nitrogens with zero attached hydrogens (tertiary/aromatic N) is 1. The van der Waals surface area contributed by atoms with Gasteiger partial charge in [-0.3, -0.25) is 4.79 Å². The van der Waals surface area contributed by atoms with Crippen LogP contribution in [0.4, 0.5) is 0 Å². The van der Waals surface area contributed by atoms with Gasteiger partial charge in [0, 0.05) is 18.5 Å². The van der Waals surface area contributed by atoms with Crippen LogP contribution in [0.5, 0.6) is 0 Å². The van der Waals surface area contributed by atoms with Crippen LogP contribution >= 0.6 is 0 Å². The molecule has 1 N–H and O–H groups in total. The van der Waals surface area contributed by atoms with Crippen molar-refractivity contribution in [2.24, 2.45) is 35.5 Å². The molecular weight excluding hydrogens is 260 g/mol. The maximum absolute atomic E-state index is 13.1. The van der Waals surface area contributed by atoms with Gasteiger partial charge < -0.3 is 10.2 Å². The van der Waals surface area contributed by atoms with E-state index in [2.05, 4.69) is 10.2 Å². The van der Waals surface area contributed by atoms with Crippen molar-refractivity contribution in [3.8, 4) is 0 Å². The molecule has 116 valence electrons. The van der Waals surface area contributed by atoms with Gasteiger partial charge in [0.05, 0.1) is 0 Å². The third-order valence-electron chi connectivity index (χ3n) is 7.15. The lowest BCUT2D eigenvalue weighted by atomic mass is 9.97. The summed E-state index contributed by atoms with van der Waals surface area (Å²) in [5.74, 6) is 5.18. The Morgan fingerprint density at radius 2 is 1.81 bits per heavy atom. The number of amides is 1. The quantitative estimate of drug-likeness (QED) is 0.860. The molecule has 1 saturated heterocycles. The molecule has 3 nitrogen and oxygen atoms in total. The Hall–Kier alpha value is -0.570.